The molecule has 0 amide bonds. The second kappa shape index (κ2) is 4.00. The van der Waals surface area contributed by atoms with Gasteiger partial charge in [0.25, 0.3) is 0 Å². The van der Waals surface area contributed by atoms with Gasteiger partial charge >= 0.3 is 0 Å². The Labute approximate surface area is 111 Å². The van der Waals surface area contributed by atoms with Crippen LogP contribution in [0, 0.1) is 11.3 Å². The zero-order valence-electron chi connectivity index (χ0n) is 10.9. The summed E-state index contributed by atoms with van der Waals surface area (Å²) < 4.78 is 2.06. The topological polar surface area (TPSA) is 28.2 Å². The van der Waals surface area contributed by atoms with Crippen molar-refractivity contribution in [3.05, 3.63) is 52.0 Å². The van der Waals surface area contributed by atoms with Crippen LogP contribution in [0.2, 0.25) is 0 Å². The van der Waals surface area contributed by atoms with E-state index in [1.165, 1.54) is 10.9 Å². The molecule has 0 unspecified atom stereocenters. The van der Waals surface area contributed by atoms with Gasteiger partial charge in [0.15, 0.2) is 0 Å². The first-order valence-electron chi connectivity index (χ1n) is 6.32. The van der Waals surface area contributed by atoms with E-state index < -0.39 is 0 Å². The van der Waals surface area contributed by atoms with Gasteiger partial charge < -0.3 is 4.40 Å². The highest BCUT2D eigenvalue weighted by atomic mass is 14.9. The van der Waals surface area contributed by atoms with Crippen LogP contribution in [-0.2, 0) is 6.42 Å². The molecule has 2 aromatic heterocycles. The maximum atomic E-state index is 9.38. The van der Waals surface area contributed by atoms with E-state index >= 15 is 0 Å². The van der Waals surface area contributed by atoms with Gasteiger partial charge in [0.05, 0.1) is 16.6 Å². The lowest BCUT2D eigenvalue weighted by atomic mass is 10.1. The van der Waals surface area contributed by atoms with E-state index in [1.54, 1.807) is 0 Å². The molecule has 0 fully saturated rings. The van der Waals surface area contributed by atoms with Crippen LogP contribution in [-0.4, -0.2) is 4.40 Å². The zero-order chi connectivity index (χ0) is 13.6. The van der Waals surface area contributed by atoms with Gasteiger partial charge in [-0.05, 0) is 29.3 Å². The normalized spacial score (nSPS) is 10.9. The minimum absolute atomic E-state index is 0.672. The van der Waals surface area contributed by atoms with E-state index in [1.807, 2.05) is 18.2 Å². The third-order valence-electron chi connectivity index (χ3n) is 3.67. The lowest BCUT2D eigenvalue weighted by Crippen LogP contribution is -2.29. The minimum atomic E-state index is 0.672. The smallest absolute Gasteiger partial charge is 0.101 e. The average Bonchev–Trinajstić information content (AvgIpc) is 2.77. The molecule has 0 aliphatic carbocycles. The highest BCUT2D eigenvalue weighted by Crippen LogP contribution is 2.27. The molecule has 3 aromatic rings. The highest BCUT2D eigenvalue weighted by Gasteiger charge is 2.14. The van der Waals surface area contributed by atoms with Gasteiger partial charge in [-0.1, -0.05) is 38.3 Å². The quantitative estimate of drug-likeness (QED) is 0.648. The van der Waals surface area contributed by atoms with Gasteiger partial charge in [0, 0.05) is 10.7 Å². The number of nitriles is 1. The number of hydrogen-bond donors (Lipinski definition) is 0. The number of aromatic nitrogens is 1. The number of pyridine rings is 1. The van der Waals surface area contributed by atoms with Crippen molar-refractivity contribution in [1.29, 1.82) is 5.26 Å². The molecule has 0 aliphatic heterocycles. The van der Waals surface area contributed by atoms with Gasteiger partial charge in [0.1, 0.15) is 6.07 Å². The summed E-state index contributed by atoms with van der Waals surface area (Å²) in [6.07, 6.45) is 0.890. The van der Waals surface area contributed by atoms with Crippen molar-refractivity contribution in [2.24, 2.45) is 0 Å². The summed E-state index contributed by atoms with van der Waals surface area (Å²) in [5.41, 5.74) is 3.95. The first kappa shape index (κ1) is 11.6. The van der Waals surface area contributed by atoms with Crippen LogP contribution < -0.4 is 10.6 Å². The lowest BCUT2D eigenvalue weighted by molar-refractivity contribution is 1.12. The second-order valence-corrected chi connectivity index (χ2v) is 4.68. The molecule has 0 bridgehead atoms. The van der Waals surface area contributed by atoms with Crippen molar-refractivity contribution in [2.75, 3.05) is 0 Å². The molecule has 92 valence electrons. The molecule has 0 saturated carbocycles. The van der Waals surface area contributed by atoms with Crippen LogP contribution in [0.3, 0.4) is 0 Å². The van der Waals surface area contributed by atoms with Gasteiger partial charge in [-0.15, -0.1) is 0 Å². The molecule has 0 N–H and O–H groups in total. The Morgan fingerprint density at radius 3 is 2.68 bits per heavy atom. The van der Waals surface area contributed by atoms with E-state index in [9.17, 15) is 5.26 Å². The van der Waals surface area contributed by atoms with E-state index in [0.717, 1.165) is 28.0 Å². The van der Waals surface area contributed by atoms with Crippen LogP contribution in [0.5, 0.6) is 0 Å². The van der Waals surface area contributed by atoms with Crippen LogP contribution >= 0.6 is 0 Å². The predicted octanol–water partition coefficient (Wildman–Crippen LogP) is 2.35. The van der Waals surface area contributed by atoms with Crippen molar-refractivity contribution < 1.29 is 0 Å². The Hall–Kier alpha value is -2.53. The Morgan fingerprint density at radius 1 is 1.26 bits per heavy atom. The standard InChI is InChI=1S/C17H14N2/c1-4-14-15-7-5-6-8-16(15)19-12(3)11(2)9-13(10-18)17(14)19/h5-9H,2-4H2,1H3. The largest absolute Gasteiger partial charge is 0.308 e. The van der Waals surface area contributed by atoms with Crippen LogP contribution in [0.4, 0.5) is 0 Å². The fourth-order valence-electron chi connectivity index (χ4n) is 2.78. The molecule has 1 aromatic carbocycles. The lowest BCUT2D eigenvalue weighted by Gasteiger charge is -2.02. The summed E-state index contributed by atoms with van der Waals surface area (Å²) in [4.78, 5) is 0. The van der Waals surface area contributed by atoms with E-state index in [2.05, 4.69) is 42.7 Å². The fourth-order valence-corrected chi connectivity index (χ4v) is 2.78. The molecule has 19 heavy (non-hydrogen) atoms. The summed E-state index contributed by atoms with van der Waals surface area (Å²) in [5, 5.41) is 12.2. The Kier molecular flexibility index (Phi) is 2.43. The molecule has 0 atom stereocenters. The van der Waals surface area contributed by atoms with Gasteiger partial charge in [-0.2, -0.15) is 5.26 Å². The van der Waals surface area contributed by atoms with Crippen molar-refractivity contribution in [2.45, 2.75) is 13.3 Å². The maximum Gasteiger partial charge on any atom is 0.101 e. The van der Waals surface area contributed by atoms with Gasteiger partial charge in [-0.3, -0.25) is 0 Å². The molecule has 0 radical (unpaired) electrons. The molecular weight excluding hydrogens is 232 g/mol. The number of fused-ring (bicyclic) bond motifs is 3. The summed E-state index contributed by atoms with van der Waals surface area (Å²) in [6, 6.07) is 12.3. The van der Waals surface area contributed by atoms with Crippen molar-refractivity contribution >= 4 is 29.6 Å². The third-order valence-corrected chi connectivity index (χ3v) is 3.67. The average molecular weight is 246 g/mol. The summed E-state index contributed by atoms with van der Waals surface area (Å²) in [6.45, 7) is 10.2. The number of hydrogen-bond acceptors (Lipinski definition) is 1. The number of para-hydroxylation sites is 1. The van der Waals surface area contributed by atoms with Gasteiger partial charge in [-0.25, -0.2) is 0 Å². The number of nitrogens with zero attached hydrogens (tertiary/aromatic N) is 2. The van der Waals surface area contributed by atoms with Crippen molar-refractivity contribution in [3.63, 3.8) is 0 Å². The molecule has 0 spiro atoms. The van der Waals surface area contributed by atoms with Gasteiger partial charge in [0.2, 0.25) is 0 Å². The molecule has 2 heterocycles. The first-order chi connectivity index (χ1) is 9.19. The second-order valence-electron chi connectivity index (χ2n) is 4.68. The Morgan fingerprint density at radius 2 is 2.00 bits per heavy atom. The van der Waals surface area contributed by atoms with Crippen LogP contribution in [0.25, 0.3) is 29.6 Å². The Bertz CT molecular complexity index is 939. The maximum absolute atomic E-state index is 9.38. The molecule has 2 nitrogen and oxygen atoms in total. The zero-order valence-corrected chi connectivity index (χ0v) is 10.9. The molecule has 0 aliphatic rings. The SMILES string of the molecule is C=c1cc(C#N)c2c(CC)c3ccccc3n2c1=C. The monoisotopic (exact) mass is 246 g/mol. The van der Waals surface area contributed by atoms with E-state index in [0.29, 0.717) is 5.56 Å². The summed E-state index contributed by atoms with van der Waals surface area (Å²) >= 11 is 0. The number of rotatable bonds is 1. The third kappa shape index (κ3) is 1.42. The molecular formula is C17H14N2. The van der Waals surface area contributed by atoms with Crippen molar-refractivity contribution in [1.82, 2.24) is 4.40 Å². The first-order valence-corrected chi connectivity index (χ1v) is 6.32. The molecule has 2 heteroatoms. The van der Waals surface area contributed by atoms with E-state index in [-0.39, 0.29) is 0 Å². The summed E-state index contributed by atoms with van der Waals surface area (Å²) in [5.74, 6) is 0. The number of benzene rings is 1. The molecule has 0 saturated heterocycles. The predicted molar refractivity (Wildman–Crippen MR) is 79.3 cm³/mol. The van der Waals surface area contributed by atoms with Crippen LogP contribution in [0.1, 0.15) is 18.1 Å². The van der Waals surface area contributed by atoms with E-state index in [4.69, 9.17) is 0 Å². The van der Waals surface area contributed by atoms with Crippen molar-refractivity contribution in [3.8, 4) is 6.07 Å². The number of aryl methyl sites for hydroxylation is 1. The summed E-state index contributed by atoms with van der Waals surface area (Å²) in [7, 11) is 0. The minimum Gasteiger partial charge on any atom is -0.308 e. The van der Waals surface area contributed by atoms with Crippen LogP contribution in [0.15, 0.2) is 30.3 Å². The fraction of sp³-hybridized carbons (Fsp3) is 0.118. The molecule has 3 rings (SSSR count). The Balaban J connectivity index is 2.79. The highest BCUT2D eigenvalue weighted by molar-refractivity contribution is 5.94.